The highest BCUT2D eigenvalue weighted by atomic mass is 15.3. The van der Waals surface area contributed by atoms with Crippen LogP contribution in [0.25, 0.3) is 0 Å². The maximum Gasteiger partial charge on any atom is 0.0540 e. The van der Waals surface area contributed by atoms with Crippen molar-refractivity contribution < 1.29 is 0 Å². The van der Waals surface area contributed by atoms with Crippen molar-refractivity contribution in [2.45, 2.75) is 64.0 Å². The highest BCUT2D eigenvalue weighted by Crippen LogP contribution is 2.32. The lowest BCUT2D eigenvalue weighted by atomic mass is 9.84. The van der Waals surface area contributed by atoms with Crippen molar-refractivity contribution in [3.05, 3.63) is 17.5 Å². The summed E-state index contributed by atoms with van der Waals surface area (Å²) in [5.41, 5.74) is 2.91. The van der Waals surface area contributed by atoms with E-state index in [0.29, 0.717) is 6.04 Å². The second-order valence-corrected chi connectivity index (χ2v) is 6.15. The van der Waals surface area contributed by atoms with Crippen LogP contribution in [0.15, 0.2) is 6.20 Å². The van der Waals surface area contributed by atoms with Crippen LogP contribution in [-0.2, 0) is 13.5 Å². The van der Waals surface area contributed by atoms with E-state index in [2.05, 4.69) is 35.3 Å². The fourth-order valence-electron chi connectivity index (χ4n) is 3.70. The van der Waals surface area contributed by atoms with Crippen molar-refractivity contribution in [3.63, 3.8) is 0 Å². The second-order valence-electron chi connectivity index (χ2n) is 6.15. The van der Waals surface area contributed by atoms with E-state index in [-0.39, 0.29) is 0 Å². The topological polar surface area (TPSA) is 29.9 Å². The van der Waals surface area contributed by atoms with Gasteiger partial charge < -0.3 is 5.32 Å². The fourth-order valence-corrected chi connectivity index (χ4v) is 3.70. The highest BCUT2D eigenvalue weighted by Gasteiger charge is 2.28. The standard InChI is InChI=1S/C15H25N3/c1-11-6-3-4-7-13(11)17-14-8-5-9-15-12(14)10-16-18(15)2/h10-11,13-14,17H,3-9H2,1-2H3. The molecule has 3 nitrogen and oxygen atoms in total. The molecule has 3 unspecified atom stereocenters. The van der Waals surface area contributed by atoms with Gasteiger partial charge in [0.1, 0.15) is 0 Å². The van der Waals surface area contributed by atoms with Gasteiger partial charge >= 0.3 is 0 Å². The molecule has 3 heteroatoms. The van der Waals surface area contributed by atoms with E-state index in [1.807, 2.05) is 0 Å². The van der Waals surface area contributed by atoms with Crippen molar-refractivity contribution in [2.75, 3.05) is 0 Å². The van der Waals surface area contributed by atoms with Gasteiger partial charge in [0, 0.05) is 30.4 Å². The molecule has 1 fully saturated rings. The molecule has 0 radical (unpaired) electrons. The van der Waals surface area contributed by atoms with Gasteiger partial charge in [-0.15, -0.1) is 0 Å². The van der Waals surface area contributed by atoms with Crippen molar-refractivity contribution >= 4 is 0 Å². The largest absolute Gasteiger partial charge is 0.307 e. The van der Waals surface area contributed by atoms with Crippen LogP contribution in [0, 0.1) is 5.92 Å². The lowest BCUT2D eigenvalue weighted by Crippen LogP contribution is -2.40. The van der Waals surface area contributed by atoms with E-state index in [1.165, 1.54) is 56.2 Å². The van der Waals surface area contributed by atoms with E-state index >= 15 is 0 Å². The zero-order chi connectivity index (χ0) is 12.5. The van der Waals surface area contributed by atoms with Crippen LogP contribution in [-0.4, -0.2) is 15.8 Å². The molecule has 0 spiro atoms. The van der Waals surface area contributed by atoms with Crippen LogP contribution in [0.4, 0.5) is 0 Å². The Kier molecular flexibility index (Phi) is 3.42. The molecule has 18 heavy (non-hydrogen) atoms. The first kappa shape index (κ1) is 12.2. The van der Waals surface area contributed by atoms with Gasteiger partial charge in [-0.1, -0.05) is 19.8 Å². The van der Waals surface area contributed by atoms with Gasteiger partial charge in [-0.25, -0.2) is 0 Å². The molecule has 0 aliphatic heterocycles. The van der Waals surface area contributed by atoms with Crippen LogP contribution < -0.4 is 5.32 Å². The quantitative estimate of drug-likeness (QED) is 0.870. The third kappa shape index (κ3) is 2.20. The summed E-state index contributed by atoms with van der Waals surface area (Å²) in [6, 6.07) is 1.27. The number of hydrogen-bond donors (Lipinski definition) is 1. The van der Waals surface area contributed by atoms with Gasteiger partial charge in [0.2, 0.25) is 0 Å². The van der Waals surface area contributed by atoms with Gasteiger partial charge in [-0.3, -0.25) is 4.68 Å². The third-order valence-corrected chi connectivity index (χ3v) is 4.90. The monoisotopic (exact) mass is 247 g/mol. The molecular weight excluding hydrogens is 222 g/mol. The van der Waals surface area contributed by atoms with Crippen LogP contribution in [0.2, 0.25) is 0 Å². The first-order chi connectivity index (χ1) is 8.75. The number of nitrogens with zero attached hydrogens (tertiary/aromatic N) is 2. The molecule has 1 aromatic rings. The van der Waals surface area contributed by atoms with Gasteiger partial charge in [0.15, 0.2) is 0 Å². The Balaban J connectivity index is 1.73. The zero-order valence-corrected chi connectivity index (χ0v) is 11.7. The summed E-state index contributed by atoms with van der Waals surface area (Å²) < 4.78 is 2.06. The minimum Gasteiger partial charge on any atom is -0.307 e. The molecule has 2 aliphatic carbocycles. The summed E-state index contributed by atoms with van der Waals surface area (Å²) in [5.74, 6) is 0.834. The molecule has 0 bridgehead atoms. The second kappa shape index (κ2) is 5.04. The van der Waals surface area contributed by atoms with Crippen LogP contribution in [0.5, 0.6) is 0 Å². The molecule has 1 aromatic heterocycles. The smallest absolute Gasteiger partial charge is 0.0540 e. The average molecular weight is 247 g/mol. The molecule has 1 N–H and O–H groups in total. The van der Waals surface area contributed by atoms with Gasteiger partial charge in [-0.2, -0.15) is 5.10 Å². The molecule has 100 valence electrons. The summed E-state index contributed by atoms with van der Waals surface area (Å²) in [7, 11) is 2.07. The summed E-state index contributed by atoms with van der Waals surface area (Å²) >= 11 is 0. The molecule has 1 heterocycles. The molecule has 1 saturated carbocycles. The van der Waals surface area contributed by atoms with E-state index in [0.717, 1.165) is 12.0 Å². The molecule has 0 aromatic carbocycles. The number of fused-ring (bicyclic) bond motifs is 1. The van der Waals surface area contributed by atoms with Gasteiger partial charge in [0.25, 0.3) is 0 Å². The predicted octanol–water partition coefficient (Wildman–Crippen LogP) is 2.97. The molecule has 3 rings (SSSR count). The lowest BCUT2D eigenvalue weighted by molar-refractivity contribution is 0.249. The number of rotatable bonds is 2. The fraction of sp³-hybridized carbons (Fsp3) is 0.800. The summed E-state index contributed by atoms with van der Waals surface area (Å²) in [6.07, 6.45) is 11.4. The summed E-state index contributed by atoms with van der Waals surface area (Å²) in [5, 5.41) is 8.36. The molecule has 0 saturated heterocycles. The van der Waals surface area contributed by atoms with Gasteiger partial charge in [-0.05, 0) is 38.0 Å². The van der Waals surface area contributed by atoms with Crippen LogP contribution in [0.3, 0.4) is 0 Å². The number of nitrogens with one attached hydrogen (secondary N) is 1. The van der Waals surface area contributed by atoms with Crippen molar-refractivity contribution in [1.82, 2.24) is 15.1 Å². The molecule has 2 aliphatic rings. The normalized spacial score (nSPS) is 32.2. The maximum atomic E-state index is 4.44. The predicted molar refractivity (Wildman–Crippen MR) is 73.4 cm³/mol. The van der Waals surface area contributed by atoms with Gasteiger partial charge in [0.05, 0.1) is 6.20 Å². The van der Waals surface area contributed by atoms with E-state index < -0.39 is 0 Å². The Morgan fingerprint density at radius 2 is 2.06 bits per heavy atom. The lowest BCUT2D eigenvalue weighted by Gasteiger charge is -2.34. The first-order valence-corrected chi connectivity index (χ1v) is 7.52. The van der Waals surface area contributed by atoms with E-state index in [4.69, 9.17) is 0 Å². The van der Waals surface area contributed by atoms with Crippen molar-refractivity contribution in [1.29, 1.82) is 0 Å². The summed E-state index contributed by atoms with van der Waals surface area (Å²) in [6.45, 7) is 2.41. The first-order valence-electron chi connectivity index (χ1n) is 7.52. The molecular formula is C15H25N3. The Hall–Kier alpha value is -0.830. The van der Waals surface area contributed by atoms with Crippen molar-refractivity contribution in [3.8, 4) is 0 Å². The minimum atomic E-state index is 0.549. The minimum absolute atomic E-state index is 0.549. The SMILES string of the molecule is CC1CCCCC1NC1CCCc2c1cnn2C. The van der Waals surface area contributed by atoms with Crippen LogP contribution >= 0.6 is 0 Å². The Morgan fingerprint density at radius 1 is 1.22 bits per heavy atom. The molecule has 0 amide bonds. The average Bonchev–Trinajstić information content (AvgIpc) is 2.76. The number of aromatic nitrogens is 2. The van der Waals surface area contributed by atoms with E-state index in [9.17, 15) is 0 Å². The van der Waals surface area contributed by atoms with E-state index in [1.54, 1.807) is 0 Å². The maximum absolute atomic E-state index is 4.44. The Morgan fingerprint density at radius 3 is 2.89 bits per heavy atom. The molecule has 3 atom stereocenters. The van der Waals surface area contributed by atoms with Crippen molar-refractivity contribution in [2.24, 2.45) is 13.0 Å². The number of hydrogen-bond acceptors (Lipinski definition) is 2. The highest BCUT2D eigenvalue weighted by molar-refractivity contribution is 5.24. The van der Waals surface area contributed by atoms with Crippen LogP contribution in [0.1, 0.15) is 62.7 Å². The third-order valence-electron chi connectivity index (χ3n) is 4.90. The Bertz CT molecular complexity index is 410. The summed E-state index contributed by atoms with van der Waals surface area (Å²) in [4.78, 5) is 0. The number of aryl methyl sites for hydroxylation is 1. The Labute approximate surface area is 110 Å². The zero-order valence-electron chi connectivity index (χ0n) is 11.7.